The third-order valence-corrected chi connectivity index (χ3v) is 4.82. The van der Waals surface area contributed by atoms with Gasteiger partial charge in [-0.1, -0.05) is 26.7 Å². The maximum atomic E-state index is 4.58. The Morgan fingerprint density at radius 1 is 1.20 bits per heavy atom. The smallest absolute Gasteiger partial charge is 0.00872 e. The predicted molar refractivity (Wildman–Crippen MR) is 71.8 cm³/mol. The van der Waals surface area contributed by atoms with Crippen molar-refractivity contribution in [3.8, 4) is 0 Å². The molecule has 1 fully saturated rings. The van der Waals surface area contributed by atoms with Crippen LogP contribution in [0.4, 0.5) is 0 Å². The standard InChI is InChI=1S/C13H27NS/c1-4-12(5-2)14(3)10-13(11-15)8-6-7-9-13/h12,15H,4-11H2,1-3H3. The molecule has 0 atom stereocenters. The molecule has 0 spiro atoms. The van der Waals surface area contributed by atoms with E-state index in [-0.39, 0.29) is 0 Å². The van der Waals surface area contributed by atoms with E-state index in [0.29, 0.717) is 5.41 Å². The fourth-order valence-corrected chi connectivity index (χ4v) is 3.48. The molecule has 0 aromatic carbocycles. The van der Waals surface area contributed by atoms with E-state index in [2.05, 4.69) is 38.4 Å². The lowest BCUT2D eigenvalue weighted by atomic mass is 9.87. The minimum atomic E-state index is 0.528. The second-order valence-electron chi connectivity index (χ2n) is 5.25. The van der Waals surface area contributed by atoms with Crippen molar-refractivity contribution in [1.29, 1.82) is 0 Å². The molecule has 1 aliphatic carbocycles. The van der Waals surface area contributed by atoms with Crippen molar-refractivity contribution >= 4 is 12.6 Å². The Kier molecular flexibility index (Phi) is 5.48. The molecule has 0 N–H and O–H groups in total. The normalized spacial score (nSPS) is 20.4. The lowest BCUT2D eigenvalue weighted by Crippen LogP contribution is -2.40. The van der Waals surface area contributed by atoms with Gasteiger partial charge in [0.05, 0.1) is 0 Å². The van der Waals surface area contributed by atoms with E-state index in [1.54, 1.807) is 0 Å². The van der Waals surface area contributed by atoms with Gasteiger partial charge in [-0.15, -0.1) is 0 Å². The Labute approximate surface area is 101 Å². The zero-order valence-electron chi connectivity index (χ0n) is 10.6. The van der Waals surface area contributed by atoms with E-state index >= 15 is 0 Å². The highest BCUT2D eigenvalue weighted by Gasteiger charge is 2.34. The third kappa shape index (κ3) is 3.39. The Balaban J connectivity index is 2.50. The molecule has 1 aliphatic rings. The van der Waals surface area contributed by atoms with E-state index in [9.17, 15) is 0 Å². The van der Waals surface area contributed by atoms with Crippen LogP contribution < -0.4 is 0 Å². The first-order chi connectivity index (χ1) is 7.17. The molecule has 0 saturated heterocycles. The Morgan fingerprint density at radius 2 is 1.73 bits per heavy atom. The van der Waals surface area contributed by atoms with Crippen molar-refractivity contribution in [2.45, 2.75) is 58.4 Å². The first-order valence-electron chi connectivity index (χ1n) is 6.48. The molecule has 0 heterocycles. The Bertz CT molecular complexity index is 171. The van der Waals surface area contributed by atoms with Crippen molar-refractivity contribution in [3.63, 3.8) is 0 Å². The summed E-state index contributed by atoms with van der Waals surface area (Å²) in [5.41, 5.74) is 0.528. The molecule has 90 valence electrons. The fourth-order valence-electron chi connectivity index (χ4n) is 3.06. The van der Waals surface area contributed by atoms with Gasteiger partial charge in [-0.3, -0.25) is 0 Å². The van der Waals surface area contributed by atoms with Crippen LogP contribution in [0.2, 0.25) is 0 Å². The average Bonchev–Trinajstić information content (AvgIpc) is 2.69. The second-order valence-corrected chi connectivity index (χ2v) is 5.57. The number of hydrogen-bond acceptors (Lipinski definition) is 2. The summed E-state index contributed by atoms with van der Waals surface area (Å²) in [4.78, 5) is 2.57. The van der Waals surface area contributed by atoms with Crippen molar-refractivity contribution in [3.05, 3.63) is 0 Å². The summed E-state index contributed by atoms with van der Waals surface area (Å²) in [5, 5.41) is 0. The second kappa shape index (κ2) is 6.15. The zero-order chi connectivity index (χ0) is 11.3. The monoisotopic (exact) mass is 229 g/mol. The first kappa shape index (κ1) is 13.4. The molecular formula is C13H27NS. The highest BCUT2D eigenvalue weighted by atomic mass is 32.1. The molecular weight excluding hydrogens is 202 g/mol. The molecule has 1 rings (SSSR count). The maximum absolute atomic E-state index is 4.58. The van der Waals surface area contributed by atoms with Crippen LogP contribution in [0.3, 0.4) is 0 Å². The van der Waals surface area contributed by atoms with Crippen LogP contribution >= 0.6 is 12.6 Å². The molecule has 0 radical (unpaired) electrons. The fraction of sp³-hybridized carbons (Fsp3) is 1.00. The van der Waals surface area contributed by atoms with Crippen molar-refractivity contribution in [2.24, 2.45) is 5.41 Å². The van der Waals surface area contributed by atoms with Crippen LogP contribution in [-0.4, -0.2) is 30.3 Å². The summed E-state index contributed by atoms with van der Waals surface area (Å²) in [6.45, 7) is 5.85. The highest BCUT2D eigenvalue weighted by Crippen LogP contribution is 2.39. The van der Waals surface area contributed by atoms with E-state index in [4.69, 9.17) is 0 Å². The molecule has 0 bridgehead atoms. The number of thiol groups is 1. The lowest BCUT2D eigenvalue weighted by molar-refractivity contribution is 0.148. The van der Waals surface area contributed by atoms with Gasteiger partial charge in [-0.2, -0.15) is 12.6 Å². The van der Waals surface area contributed by atoms with E-state index in [0.717, 1.165) is 11.8 Å². The van der Waals surface area contributed by atoms with Crippen molar-refractivity contribution < 1.29 is 0 Å². The number of hydrogen-bond donors (Lipinski definition) is 1. The van der Waals surface area contributed by atoms with Gasteiger partial charge in [0.1, 0.15) is 0 Å². The van der Waals surface area contributed by atoms with Crippen LogP contribution in [0.15, 0.2) is 0 Å². The number of nitrogens with zero attached hydrogens (tertiary/aromatic N) is 1. The molecule has 1 nitrogen and oxygen atoms in total. The summed E-state index contributed by atoms with van der Waals surface area (Å²) >= 11 is 4.58. The predicted octanol–water partition coefficient (Wildman–Crippen LogP) is 3.60. The minimum absolute atomic E-state index is 0.528. The van der Waals surface area contributed by atoms with Gasteiger partial charge in [-0.25, -0.2) is 0 Å². The van der Waals surface area contributed by atoms with Crippen LogP contribution in [0.25, 0.3) is 0 Å². The molecule has 2 heteroatoms. The molecule has 0 aromatic rings. The SMILES string of the molecule is CCC(CC)N(C)CC1(CS)CCCC1. The van der Waals surface area contributed by atoms with E-state index < -0.39 is 0 Å². The van der Waals surface area contributed by atoms with Gasteiger partial charge in [0.2, 0.25) is 0 Å². The Hall–Kier alpha value is 0.310. The van der Waals surface area contributed by atoms with Crippen LogP contribution in [-0.2, 0) is 0 Å². The molecule has 0 aliphatic heterocycles. The summed E-state index contributed by atoms with van der Waals surface area (Å²) in [7, 11) is 2.29. The molecule has 15 heavy (non-hydrogen) atoms. The summed E-state index contributed by atoms with van der Waals surface area (Å²) in [6, 6.07) is 0.766. The molecule has 1 saturated carbocycles. The Morgan fingerprint density at radius 3 is 2.13 bits per heavy atom. The molecule has 0 unspecified atom stereocenters. The van der Waals surface area contributed by atoms with E-state index in [1.165, 1.54) is 45.1 Å². The van der Waals surface area contributed by atoms with E-state index in [1.807, 2.05) is 0 Å². The van der Waals surface area contributed by atoms with Gasteiger partial charge in [0.25, 0.3) is 0 Å². The summed E-state index contributed by atoms with van der Waals surface area (Å²) in [6.07, 6.45) is 8.15. The third-order valence-electron chi connectivity index (χ3n) is 4.15. The van der Waals surface area contributed by atoms with Gasteiger partial charge >= 0.3 is 0 Å². The maximum Gasteiger partial charge on any atom is 0.00872 e. The highest BCUT2D eigenvalue weighted by molar-refractivity contribution is 7.80. The van der Waals surface area contributed by atoms with Gasteiger partial charge in [0, 0.05) is 12.6 Å². The van der Waals surface area contributed by atoms with Crippen LogP contribution in [0.5, 0.6) is 0 Å². The average molecular weight is 229 g/mol. The van der Waals surface area contributed by atoms with Gasteiger partial charge in [-0.05, 0) is 43.9 Å². The molecule has 0 aromatic heterocycles. The van der Waals surface area contributed by atoms with Crippen LogP contribution in [0.1, 0.15) is 52.4 Å². The van der Waals surface area contributed by atoms with Gasteiger partial charge in [0.15, 0.2) is 0 Å². The largest absolute Gasteiger partial charge is 0.303 e. The zero-order valence-corrected chi connectivity index (χ0v) is 11.5. The molecule has 0 amide bonds. The van der Waals surface area contributed by atoms with Gasteiger partial charge < -0.3 is 4.90 Å². The summed E-state index contributed by atoms with van der Waals surface area (Å²) < 4.78 is 0. The van der Waals surface area contributed by atoms with Crippen molar-refractivity contribution in [1.82, 2.24) is 4.90 Å². The minimum Gasteiger partial charge on any atom is -0.303 e. The van der Waals surface area contributed by atoms with Crippen LogP contribution in [0, 0.1) is 5.41 Å². The number of rotatable bonds is 6. The lowest BCUT2D eigenvalue weighted by Gasteiger charge is -2.36. The topological polar surface area (TPSA) is 3.24 Å². The summed E-state index contributed by atoms with van der Waals surface area (Å²) in [5.74, 6) is 1.07. The quantitative estimate of drug-likeness (QED) is 0.681. The first-order valence-corrected chi connectivity index (χ1v) is 7.12. The van der Waals surface area contributed by atoms with Crippen molar-refractivity contribution in [2.75, 3.05) is 19.3 Å².